The third-order valence-corrected chi connectivity index (χ3v) is 4.76. The van der Waals surface area contributed by atoms with Crippen molar-refractivity contribution >= 4 is 34.4 Å². The van der Waals surface area contributed by atoms with Gasteiger partial charge in [-0.3, -0.25) is 19.9 Å². The van der Waals surface area contributed by atoms with Crippen LogP contribution < -0.4 is 0 Å². The normalized spacial score (nSPS) is 19.8. The molecule has 1 aliphatic rings. The number of nitrogens with zero attached hydrogens (tertiary/aromatic N) is 4. The highest BCUT2D eigenvalue weighted by atomic mass is 35.5. The Bertz CT molecular complexity index is 979. The number of aliphatic imine (C=N–C) groups is 1. The first-order valence-electron chi connectivity index (χ1n) is 8.23. The van der Waals surface area contributed by atoms with Gasteiger partial charge in [0.15, 0.2) is 5.82 Å². The molecule has 1 aromatic carbocycles. The number of rotatable bonds is 5. The predicted octanol–water partition coefficient (Wildman–Crippen LogP) is 3.91. The molecule has 2 aromatic rings. The second kappa shape index (κ2) is 7.40. The first-order valence-corrected chi connectivity index (χ1v) is 8.76. The van der Waals surface area contributed by atoms with Crippen molar-refractivity contribution in [1.29, 1.82) is 0 Å². The van der Waals surface area contributed by atoms with Gasteiger partial charge in [0.1, 0.15) is 5.78 Å². The fourth-order valence-corrected chi connectivity index (χ4v) is 3.56. The maximum Gasteiger partial charge on any atom is 0.269 e. The largest absolute Gasteiger partial charge is 0.334 e. The molecule has 8 nitrogen and oxygen atoms in total. The van der Waals surface area contributed by atoms with Crippen molar-refractivity contribution in [3.8, 4) is 0 Å². The molecule has 2 unspecified atom stereocenters. The molecule has 27 heavy (non-hydrogen) atoms. The van der Waals surface area contributed by atoms with Gasteiger partial charge in [-0.15, -0.1) is 11.6 Å². The second-order valence-corrected chi connectivity index (χ2v) is 6.59. The quantitative estimate of drug-likeness (QED) is 0.436. The number of carbonyl (C=O) groups excluding carboxylic acids is 1. The van der Waals surface area contributed by atoms with Crippen molar-refractivity contribution in [2.45, 2.75) is 32.6 Å². The zero-order chi connectivity index (χ0) is 19.7. The fraction of sp³-hybridized carbons (Fsp3) is 0.333. The summed E-state index contributed by atoms with van der Waals surface area (Å²) in [7, 11) is 0. The van der Waals surface area contributed by atoms with Gasteiger partial charge in [-0.2, -0.15) is 4.98 Å². The molecule has 0 aliphatic carbocycles. The van der Waals surface area contributed by atoms with Crippen LogP contribution in [0.2, 0.25) is 0 Å². The van der Waals surface area contributed by atoms with E-state index in [9.17, 15) is 14.9 Å². The highest BCUT2D eigenvalue weighted by Crippen LogP contribution is 2.44. The molecule has 3 rings (SSSR count). The number of halogens is 1. The lowest BCUT2D eigenvalue weighted by Gasteiger charge is -2.31. The Labute approximate surface area is 160 Å². The van der Waals surface area contributed by atoms with Crippen LogP contribution in [0.5, 0.6) is 0 Å². The van der Waals surface area contributed by atoms with Gasteiger partial charge >= 0.3 is 0 Å². The van der Waals surface area contributed by atoms with Gasteiger partial charge in [0.2, 0.25) is 0 Å². The first kappa shape index (κ1) is 18.9. The molecule has 0 N–H and O–H groups in total. The molecule has 0 saturated heterocycles. The number of nitro benzene ring substituents is 1. The van der Waals surface area contributed by atoms with Gasteiger partial charge in [0.25, 0.3) is 11.6 Å². The van der Waals surface area contributed by atoms with E-state index in [0.29, 0.717) is 28.4 Å². The maximum atomic E-state index is 12.4. The summed E-state index contributed by atoms with van der Waals surface area (Å²) in [6, 6.07) is 6.21. The lowest BCUT2D eigenvalue weighted by atomic mass is 9.74. The second-order valence-electron chi connectivity index (χ2n) is 6.32. The monoisotopic (exact) mass is 388 g/mol. The third-order valence-electron chi connectivity index (χ3n) is 4.52. The standard InChI is InChI=1S/C18H17ClN4O4/c1-9-15(11(3)24)17(12-5-4-6-13(7-12)23(25)26)16(10(2)20-9)18-21-14(8-19)22-27-18/h4-7,15,17H,8H2,1-3H3. The van der Waals surface area contributed by atoms with Crippen molar-refractivity contribution in [1.82, 2.24) is 10.1 Å². The van der Waals surface area contributed by atoms with Gasteiger partial charge in [-0.05, 0) is 26.3 Å². The summed E-state index contributed by atoms with van der Waals surface area (Å²) in [5, 5.41) is 15.0. The highest BCUT2D eigenvalue weighted by Gasteiger charge is 2.39. The number of ketones is 1. The number of alkyl halides is 1. The molecule has 0 radical (unpaired) electrons. The number of hydrogen-bond donors (Lipinski definition) is 0. The van der Waals surface area contributed by atoms with Gasteiger partial charge in [-0.25, -0.2) is 0 Å². The van der Waals surface area contributed by atoms with E-state index in [0.717, 1.165) is 0 Å². The summed E-state index contributed by atoms with van der Waals surface area (Å²) >= 11 is 5.77. The molecule has 1 aliphatic heterocycles. The van der Waals surface area contributed by atoms with Crippen LogP contribution >= 0.6 is 11.6 Å². The van der Waals surface area contributed by atoms with Gasteiger partial charge < -0.3 is 4.52 Å². The van der Waals surface area contributed by atoms with Crippen LogP contribution in [0.4, 0.5) is 5.69 Å². The van der Waals surface area contributed by atoms with Gasteiger partial charge in [0, 0.05) is 35.0 Å². The maximum absolute atomic E-state index is 12.4. The van der Waals surface area contributed by atoms with E-state index in [4.69, 9.17) is 16.1 Å². The van der Waals surface area contributed by atoms with Gasteiger partial charge in [-0.1, -0.05) is 17.3 Å². The summed E-state index contributed by atoms with van der Waals surface area (Å²) in [4.78, 5) is 32.0. The van der Waals surface area contributed by atoms with E-state index in [2.05, 4.69) is 15.1 Å². The minimum atomic E-state index is -0.586. The fourth-order valence-electron chi connectivity index (χ4n) is 3.45. The van der Waals surface area contributed by atoms with E-state index in [1.54, 1.807) is 26.0 Å². The number of carbonyl (C=O) groups is 1. The summed E-state index contributed by atoms with van der Waals surface area (Å²) in [6.45, 7) is 5.03. The van der Waals surface area contributed by atoms with Crippen LogP contribution in [0.25, 0.3) is 5.57 Å². The number of Topliss-reactive ketones (excluding diaryl/α,β-unsaturated/α-hetero) is 1. The smallest absolute Gasteiger partial charge is 0.269 e. The van der Waals surface area contributed by atoms with Crippen LogP contribution in [0.1, 0.15) is 44.0 Å². The van der Waals surface area contributed by atoms with E-state index < -0.39 is 16.8 Å². The van der Waals surface area contributed by atoms with Crippen LogP contribution in [-0.4, -0.2) is 26.6 Å². The average Bonchev–Trinajstić information content (AvgIpc) is 3.09. The molecule has 2 atom stereocenters. The number of benzene rings is 1. The van der Waals surface area contributed by atoms with Crippen molar-refractivity contribution < 1.29 is 14.2 Å². The molecule has 1 aromatic heterocycles. The number of nitro groups is 1. The van der Waals surface area contributed by atoms with Crippen LogP contribution in [0.3, 0.4) is 0 Å². The van der Waals surface area contributed by atoms with Crippen LogP contribution in [-0.2, 0) is 10.7 Å². The SMILES string of the molecule is CC(=O)C1C(C)=NC(C)=C(c2nc(CCl)no2)C1c1cccc([N+](=O)[O-])c1. The summed E-state index contributed by atoms with van der Waals surface area (Å²) in [5.74, 6) is -0.608. The topological polar surface area (TPSA) is 111 Å². The summed E-state index contributed by atoms with van der Waals surface area (Å²) in [5.41, 5.74) is 2.38. The Balaban J connectivity index is 2.23. The lowest BCUT2D eigenvalue weighted by Crippen LogP contribution is -2.31. The average molecular weight is 389 g/mol. The molecule has 140 valence electrons. The molecule has 0 saturated carbocycles. The molecule has 2 heterocycles. The van der Waals surface area contributed by atoms with Crippen molar-refractivity contribution in [3.05, 3.63) is 57.4 Å². The molecular weight excluding hydrogens is 372 g/mol. The Morgan fingerprint density at radius 2 is 2.11 bits per heavy atom. The van der Waals surface area contributed by atoms with Crippen LogP contribution in [0.15, 0.2) is 39.5 Å². The van der Waals surface area contributed by atoms with E-state index in [1.165, 1.54) is 19.1 Å². The molecule has 0 bridgehead atoms. The number of hydrogen-bond acceptors (Lipinski definition) is 7. The first-order chi connectivity index (χ1) is 12.8. The van der Waals surface area contributed by atoms with Gasteiger partial charge in [0.05, 0.1) is 16.7 Å². The molecule has 0 amide bonds. The summed E-state index contributed by atoms with van der Waals surface area (Å²) < 4.78 is 5.34. The predicted molar refractivity (Wildman–Crippen MR) is 99.6 cm³/mol. The Kier molecular flexibility index (Phi) is 5.18. The third kappa shape index (κ3) is 3.52. The van der Waals surface area contributed by atoms with Crippen LogP contribution in [0, 0.1) is 16.0 Å². The Hall–Kier alpha value is -2.87. The van der Waals surface area contributed by atoms with E-state index in [1.807, 2.05) is 0 Å². The number of allylic oxidation sites excluding steroid dienone is 2. The highest BCUT2D eigenvalue weighted by molar-refractivity contribution is 6.16. The number of aromatic nitrogens is 2. The molecule has 0 spiro atoms. The molecule has 9 heteroatoms. The minimum Gasteiger partial charge on any atom is -0.334 e. The number of non-ortho nitro benzene ring substituents is 1. The van der Waals surface area contributed by atoms with E-state index >= 15 is 0 Å². The minimum absolute atomic E-state index is 0.0565. The lowest BCUT2D eigenvalue weighted by molar-refractivity contribution is -0.384. The molecular formula is C18H17ClN4O4. The zero-order valence-corrected chi connectivity index (χ0v) is 15.7. The van der Waals surface area contributed by atoms with Crippen molar-refractivity contribution in [2.75, 3.05) is 0 Å². The molecule has 0 fully saturated rings. The van der Waals surface area contributed by atoms with Crippen molar-refractivity contribution in [2.24, 2.45) is 10.9 Å². The van der Waals surface area contributed by atoms with Crippen molar-refractivity contribution in [3.63, 3.8) is 0 Å². The Morgan fingerprint density at radius 1 is 1.37 bits per heavy atom. The summed E-state index contributed by atoms with van der Waals surface area (Å²) in [6.07, 6.45) is 0. The van der Waals surface area contributed by atoms with E-state index in [-0.39, 0.29) is 23.2 Å². The Morgan fingerprint density at radius 3 is 2.70 bits per heavy atom. The zero-order valence-electron chi connectivity index (χ0n) is 15.0.